The molecule has 0 radical (unpaired) electrons. The van der Waals surface area contributed by atoms with Crippen molar-refractivity contribution in [3.63, 3.8) is 0 Å². The second-order valence-electron chi connectivity index (χ2n) is 11.7. The van der Waals surface area contributed by atoms with Crippen LogP contribution in [0, 0.1) is 27.6 Å². The molecular formula is C26H38O2. The maximum absolute atomic E-state index is 10.7. The average molecular weight is 383 g/mol. The highest BCUT2D eigenvalue weighted by molar-refractivity contribution is 5.40. The fraction of sp³-hybridized carbons (Fsp3) is 0.769. The highest BCUT2D eigenvalue weighted by Crippen LogP contribution is 2.73. The van der Waals surface area contributed by atoms with Crippen molar-refractivity contribution in [3.05, 3.63) is 35.3 Å². The van der Waals surface area contributed by atoms with Crippen LogP contribution in [-0.4, -0.2) is 11.2 Å². The lowest BCUT2D eigenvalue weighted by Gasteiger charge is -2.62. The van der Waals surface area contributed by atoms with E-state index in [0.29, 0.717) is 22.7 Å². The molecule has 4 aliphatic rings. The van der Waals surface area contributed by atoms with Crippen LogP contribution in [-0.2, 0) is 0 Å². The summed E-state index contributed by atoms with van der Waals surface area (Å²) in [6, 6.07) is 2.20. The van der Waals surface area contributed by atoms with E-state index in [1.54, 1.807) is 5.57 Å². The Morgan fingerprint density at radius 1 is 0.929 bits per heavy atom. The van der Waals surface area contributed by atoms with Crippen molar-refractivity contribution in [2.45, 2.75) is 98.0 Å². The van der Waals surface area contributed by atoms with E-state index in [1.807, 2.05) is 18.1 Å². The first kappa shape index (κ1) is 19.0. The Hall–Kier alpha value is -1.02. The van der Waals surface area contributed by atoms with Crippen LogP contribution in [0.5, 0.6) is 0 Å². The summed E-state index contributed by atoms with van der Waals surface area (Å²) >= 11 is 0. The Kier molecular flexibility index (Phi) is 3.91. The minimum atomic E-state index is -0.144. The third kappa shape index (κ3) is 2.14. The van der Waals surface area contributed by atoms with Gasteiger partial charge in [0.25, 0.3) is 0 Å². The quantitative estimate of drug-likeness (QED) is 0.538. The van der Waals surface area contributed by atoms with E-state index in [9.17, 15) is 5.11 Å². The fourth-order valence-electron chi connectivity index (χ4n) is 8.68. The Morgan fingerprint density at radius 2 is 1.71 bits per heavy atom. The van der Waals surface area contributed by atoms with E-state index in [0.717, 1.165) is 6.42 Å². The van der Waals surface area contributed by atoms with Gasteiger partial charge in [-0.3, -0.25) is 0 Å². The summed E-state index contributed by atoms with van der Waals surface area (Å²) in [5.74, 6) is 1.24. The van der Waals surface area contributed by atoms with Gasteiger partial charge in [-0.25, -0.2) is 0 Å². The van der Waals surface area contributed by atoms with E-state index in [1.165, 1.54) is 50.5 Å². The molecule has 154 valence electrons. The molecule has 0 saturated heterocycles. The molecule has 1 aromatic heterocycles. The largest absolute Gasteiger partial charge is 0.472 e. The SMILES string of the molecule is CC1(C)[C@@H](O)CC[C@]2(C)C3=C(CC[C@@H]12)[C@@]1(C)CC[C@@H](c2ccoc2)[C@@]1(C)CC3. The van der Waals surface area contributed by atoms with Crippen molar-refractivity contribution < 1.29 is 9.52 Å². The first-order chi connectivity index (χ1) is 13.1. The molecule has 4 aliphatic carbocycles. The molecule has 2 saturated carbocycles. The lowest BCUT2D eigenvalue weighted by Crippen LogP contribution is -2.54. The van der Waals surface area contributed by atoms with Gasteiger partial charge in [-0.1, -0.05) is 45.8 Å². The third-order valence-corrected chi connectivity index (χ3v) is 10.7. The van der Waals surface area contributed by atoms with Crippen molar-refractivity contribution in [2.24, 2.45) is 27.6 Å². The predicted octanol–water partition coefficient (Wildman–Crippen LogP) is 6.86. The standard InChI is InChI=1S/C26H38O2/c1-23(2)21-7-6-20-19(24(21,3)12-10-22(23)27)9-14-25(4)18(8-13-26(20,25)5)17-11-15-28-16-17/h11,15-16,18,21-22,27H,6-10,12-14H2,1-5H3/t18-,21-,22-,24+,25+,26+/m0/s1. The van der Waals surface area contributed by atoms with Gasteiger partial charge in [0.15, 0.2) is 0 Å². The first-order valence-electron chi connectivity index (χ1n) is 11.6. The Balaban J connectivity index is 1.59. The molecule has 2 fully saturated rings. The molecule has 2 nitrogen and oxygen atoms in total. The zero-order valence-electron chi connectivity index (χ0n) is 18.5. The molecule has 5 rings (SSSR count). The van der Waals surface area contributed by atoms with Crippen LogP contribution in [0.1, 0.15) is 97.5 Å². The summed E-state index contributed by atoms with van der Waals surface area (Å²) in [5.41, 5.74) is 6.00. The predicted molar refractivity (Wildman–Crippen MR) is 113 cm³/mol. The second-order valence-corrected chi connectivity index (χ2v) is 11.7. The Labute approximate surface area is 170 Å². The number of aliphatic hydroxyl groups excluding tert-OH is 1. The van der Waals surface area contributed by atoms with Crippen LogP contribution >= 0.6 is 0 Å². The van der Waals surface area contributed by atoms with Crippen molar-refractivity contribution in [2.75, 3.05) is 0 Å². The summed E-state index contributed by atoms with van der Waals surface area (Å²) in [4.78, 5) is 0. The van der Waals surface area contributed by atoms with Gasteiger partial charge in [-0.15, -0.1) is 0 Å². The topological polar surface area (TPSA) is 33.4 Å². The van der Waals surface area contributed by atoms with Crippen LogP contribution < -0.4 is 0 Å². The average Bonchev–Trinajstić information content (AvgIpc) is 3.25. The number of hydrogen-bond acceptors (Lipinski definition) is 2. The molecule has 0 bridgehead atoms. The number of rotatable bonds is 1. The summed E-state index contributed by atoms with van der Waals surface area (Å²) in [7, 11) is 0. The van der Waals surface area contributed by atoms with E-state index in [-0.39, 0.29) is 16.9 Å². The molecule has 1 aromatic rings. The minimum absolute atomic E-state index is 0.0299. The molecule has 1 heterocycles. The van der Waals surface area contributed by atoms with Crippen molar-refractivity contribution in [3.8, 4) is 0 Å². The van der Waals surface area contributed by atoms with E-state index >= 15 is 0 Å². The Morgan fingerprint density at radius 3 is 2.43 bits per heavy atom. The van der Waals surface area contributed by atoms with Gasteiger partial charge in [-0.05, 0) is 96.5 Å². The highest BCUT2D eigenvalue weighted by Gasteiger charge is 2.63. The first-order valence-corrected chi connectivity index (χ1v) is 11.6. The Bertz CT molecular complexity index is 802. The van der Waals surface area contributed by atoms with Crippen LogP contribution in [0.2, 0.25) is 0 Å². The van der Waals surface area contributed by atoms with Crippen molar-refractivity contribution in [1.82, 2.24) is 0 Å². The van der Waals surface area contributed by atoms with Gasteiger partial charge in [0, 0.05) is 0 Å². The van der Waals surface area contributed by atoms with Gasteiger partial charge >= 0.3 is 0 Å². The smallest absolute Gasteiger partial charge is 0.0937 e. The molecule has 0 spiro atoms. The van der Waals surface area contributed by atoms with Gasteiger partial charge < -0.3 is 9.52 Å². The fourth-order valence-corrected chi connectivity index (χ4v) is 8.68. The molecule has 0 unspecified atom stereocenters. The number of aliphatic hydroxyl groups is 1. The highest BCUT2D eigenvalue weighted by atomic mass is 16.3. The van der Waals surface area contributed by atoms with Gasteiger partial charge in [-0.2, -0.15) is 0 Å². The molecule has 28 heavy (non-hydrogen) atoms. The van der Waals surface area contributed by atoms with Gasteiger partial charge in [0.05, 0.1) is 18.6 Å². The number of hydrogen-bond donors (Lipinski definition) is 1. The lowest BCUT2D eigenvalue weighted by atomic mass is 9.43. The monoisotopic (exact) mass is 382 g/mol. The van der Waals surface area contributed by atoms with Crippen LogP contribution in [0.3, 0.4) is 0 Å². The summed E-state index contributed by atoms with van der Waals surface area (Å²) in [6.07, 6.45) is 13.5. The maximum Gasteiger partial charge on any atom is 0.0937 e. The number of allylic oxidation sites excluding steroid dienone is 2. The van der Waals surface area contributed by atoms with Crippen molar-refractivity contribution >= 4 is 0 Å². The molecule has 2 heteroatoms. The van der Waals surface area contributed by atoms with Crippen LogP contribution in [0.4, 0.5) is 0 Å². The molecule has 0 aromatic carbocycles. The van der Waals surface area contributed by atoms with Gasteiger partial charge in [0.2, 0.25) is 0 Å². The molecule has 0 aliphatic heterocycles. The summed E-state index contributed by atoms with van der Waals surface area (Å²) < 4.78 is 5.48. The third-order valence-electron chi connectivity index (χ3n) is 10.7. The normalized spacial score (nSPS) is 47.4. The van der Waals surface area contributed by atoms with Crippen LogP contribution in [0.15, 0.2) is 34.2 Å². The zero-order chi connectivity index (χ0) is 19.9. The van der Waals surface area contributed by atoms with E-state index < -0.39 is 0 Å². The van der Waals surface area contributed by atoms with E-state index in [2.05, 4.69) is 40.7 Å². The molecule has 1 N–H and O–H groups in total. The summed E-state index contributed by atoms with van der Waals surface area (Å²) in [6.45, 7) is 12.4. The lowest BCUT2D eigenvalue weighted by molar-refractivity contribution is -0.0949. The van der Waals surface area contributed by atoms with Crippen LogP contribution in [0.25, 0.3) is 0 Å². The zero-order valence-corrected chi connectivity index (χ0v) is 18.5. The van der Waals surface area contributed by atoms with E-state index in [4.69, 9.17) is 4.42 Å². The molecular weight excluding hydrogens is 344 g/mol. The molecule has 0 amide bonds. The maximum atomic E-state index is 10.7. The number of fused-ring (bicyclic) bond motifs is 4. The second kappa shape index (κ2) is 5.78. The van der Waals surface area contributed by atoms with Crippen molar-refractivity contribution in [1.29, 1.82) is 0 Å². The van der Waals surface area contributed by atoms with Gasteiger partial charge in [0.1, 0.15) is 0 Å². The molecule has 6 atom stereocenters. The number of furan rings is 1. The summed E-state index contributed by atoms with van der Waals surface area (Å²) in [5, 5.41) is 10.7. The minimum Gasteiger partial charge on any atom is -0.472 e.